The highest BCUT2D eigenvalue weighted by Gasteiger charge is 2.00. The molecular formula is C19H22N6S. The summed E-state index contributed by atoms with van der Waals surface area (Å²) in [6.45, 7) is 1.56. The lowest BCUT2D eigenvalue weighted by Gasteiger charge is -2.12. The lowest BCUT2D eigenvalue weighted by atomic mass is 10.2. The fourth-order valence-electron chi connectivity index (χ4n) is 2.37. The number of hydrogen-bond acceptors (Lipinski definition) is 4. The second-order valence-electron chi connectivity index (χ2n) is 5.52. The largest absolute Gasteiger partial charge is 0.356 e. The Bertz CT molecular complexity index is 800. The molecule has 3 aromatic rings. The van der Waals surface area contributed by atoms with Gasteiger partial charge < -0.3 is 10.6 Å². The molecule has 0 radical (unpaired) electrons. The SMILES string of the molecule is CN=C(NCCSc1ccccc1)NCc1ccc(-n2cncn2)cc1. The molecule has 0 atom stereocenters. The van der Waals surface area contributed by atoms with Gasteiger partial charge in [-0.05, 0) is 29.8 Å². The van der Waals surface area contributed by atoms with Gasteiger partial charge in [-0.15, -0.1) is 11.8 Å². The van der Waals surface area contributed by atoms with Gasteiger partial charge in [0.2, 0.25) is 0 Å². The summed E-state index contributed by atoms with van der Waals surface area (Å²) in [5.41, 5.74) is 2.17. The van der Waals surface area contributed by atoms with E-state index >= 15 is 0 Å². The second kappa shape index (κ2) is 9.62. The summed E-state index contributed by atoms with van der Waals surface area (Å²) in [4.78, 5) is 9.51. The Morgan fingerprint density at radius 1 is 1.08 bits per heavy atom. The Morgan fingerprint density at radius 3 is 2.58 bits per heavy atom. The van der Waals surface area contributed by atoms with E-state index in [9.17, 15) is 0 Å². The Balaban J connectivity index is 1.41. The molecule has 3 rings (SSSR count). The number of hydrogen-bond donors (Lipinski definition) is 2. The van der Waals surface area contributed by atoms with E-state index in [-0.39, 0.29) is 0 Å². The Hall–Kier alpha value is -2.80. The molecule has 0 aliphatic rings. The molecule has 0 aliphatic carbocycles. The first-order valence-corrected chi connectivity index (χ1v) is 9.40. The van der Waals surface area contributed by atoms with Crippen LogP contribution in [0.25, 0.3) is 5.69 Å². The third-order valence-electron chi connectivity index (χ3n) is 3.71. The molecule has 26 heavy (non-hydrogen) atoms. The fourth-order valence-corrected chi connectivity index (χ4v) is 3.16. The van der Waals surface area contributed by atoms with Crippen LogP contribution in [0, 0.1) is 0 Å². The zero-order valence-electron chi connectivity index (χ0n) is 14.7. The van der Waals surface area contributed by atoms with Crippen LogP contribution in [0.5, 0.6) is 0 Å². The first-order chi connectivity index (χ1) is 12.8. The van der Waals surface area contributed by atoms with Gasteiger partial charge in [0.25, 0.3) is 0 Å². The lowest BCUT2D eigenvalue weighted by Crippen LogP contribution is -2.37. The number of aromatic nitrogens is 3. The van der Waals surface area contributed by atoms with Crippen molar-refractivity contribution in [1.29, 1.82) is 0 Å². The molecule has 0 unspecified atom stereocenters. The molecule has 0 amide bonds. The van der Waals surface area contributed by atoms with Crippen molar-refractivity contribution in [2.75, 3.05) is 19.3 Å². The predicted molar refractivity (Wildman–Crippen MR) is 107 cm³/mol. The van der Waals surface area contributed by atoms with Crippen molar-refractivity contribution < 1.29 is 0 Å². The van der Waals surface area contributed by atoms with Crippen LogP contribution in [0.1, 0.15) is 5.56 Å². The molecule has 0 saturated heterocycles. The Morgan fingerprint density at radius 2 is 1.88 bits per heavy atom. The van der Waals surface area contributed by atoms with Crippen molar-refractivity contribution in [3.8, 4) is 5.69 Å². The van der Waals surface area contributed by atoms with E-state index in [2.05, 4.69) is 62.1 Å². The summed E-state index contributed by atoms with van der Waals surface area (Å²) < 4.78 is 1.74. The zero-order chi connectivity index (χ0) is 18.0. The smallest absolute Gasteiger partial charge is 0.191 e. The van der Waals surface area contributed by atoms with Crippen LogP contribution in [0.2, 0.25) is 0 Å². The molecule has 0 aliphatic heterocycles. The van der Waals surface area contributed by atoms with E-state index in [1.54, 1.807) is 18.1 Å². The summed E-state index contributed by atoms with van der Waals surface area (Å²) >= 11 is 1.83. The van der Waals surface area contributed by atoms with E-state index in [0.717, 1.165) is 23.9 Å². The summed E-state index contributed by atoms with van der Waals surface area (Å²) in [5.74, 6) is 1.79. The molecule has 1 heterocycles. The van der Waals surface area contributed by atoms with Gasteiger partial charge in [0.15, 0.2) is 5.96 Å². The van der Waals surface area contributed by atoms with Crippen LogP contribution in [-0.2, 0) is 6.54 Å². The van der Waals surface area contributed by atoms with Crippen LogP contribution in [0.3, 0.4) is 0 Å². The number of thioether (sulfide) groups is 1. The summed E-state index contributed by atoms with van der Waals surface area (Å²) in [7, 11) is 1.79. The van der Waals surface area contributed by atoms with Gasteiger partial charge in [0.1, 0.15) is 12.7 Å². The molecular weight excluding hydrogens is 344 g/mol. The molecule has 0 bridgehead atoms. The number of rotatable bonds is 7. The standard InChI is InChI=1S/C19H22N6S/c1-20-19(22-11-12-26-18-5-3-2-4-6-18)23-13-16-7-9-17(10-8-16)25-15-21-14-24-25/h2-10,14-15H,11-13H2,1H3,(H2,20,22,23). The molecule has 2 N–H and O–H groups in total. The maximum atomic E-state index is 4.27. The minimum absolute atomic E-state index is 0.711. The summed E-state index contributed by atoms with van der Waals surface area (Å²) in [6, 6.07) is 18.6. The molecule has 0 saturated carbocycles. The van der Waals surface area contributed by atoms with E-state index in [4.69, 9.17) is 0 Å². The number of nitrogens with one attached hydrogen (secondary N) is 2. The molecule has 6 nitrogen and oxygen atoms in total. The lowest BCUT2D eigenvalue weighted by molar-refractivity contribution is 0.830. The molecule has 1 aromatic heterocycles. The topological polar surface area (TPSA) is 67.1 Å². The highest BCUT2D eigenvalue weighted by molar-refractivity contribution is 7.99. The van der Waals surface area contributed by atoms with Crippen LogP contribution in [0.4, 0.5) is 0 Å². The predicted octanol–water partition coefficient (Wildman–Crippen LogP) is 2.72. The normalized spacial score (nSPS) is 11.3. The monoisotopic (exact) mass is 366 g/mol. The molecule has 2 aromatic carbocycles. The van der Waals surface area contributed by atoms with Crippen molar-refractivity contribution in [3.05, 3.63) is 72.8 Å². The molecule has 0 spiro atoms. The Labute approximate surface area is 157 Å². The van der Waals surface area contributed by atoms with Gasteiger partial charge in [-0.2, -0.15) is 5.10 Å². The maximum Gasteiger partial charge on any atom is 0.191 e. The van der Waals surface area contributed by atoms with Crippen LogP contribution >= 0.6 is 11.8 Å². The van der Waals surface area contributed by atoms with Gasteiger partial charge in [0, 0.05) is 30.8 Å². The van der Waals surface area contributed by atoms with Crippen molar-refractivity contribution in [1.82, 2.24) is 25.4 Å². The van der Waals surface area contributed by atoms with E-state index in [0.29, 0.717) is 6.54 Å². The van der Waals surface area contributed by atoms with Crippen molar-refractivity contribution >= 4 is 17.7 Å². The van der Waals surface area contributed by atoms with Crippen molar-refractivity contribution in [2.45, 2.75) is 11.4 Å². The van der Waals surface area contributed by atoms with Crippen LogP contribution in [0.15, 0.2) is 77.1 Å². The maximum absolute atomic E-state index is 4.27. The van der Waals surface area contributed by atoms with Crippen LogP contribution < -0.4 is 10.6 Å². The third-order valence-corrected chi connectivity index (χ3v) is 4.72. The highest BCUT2D eigenvalue weighted by Crippen LogP contribution is 2.15. The fraction of sp³-hybridized carbons (Fsp3) is 0.211. The quantitative estimate of drug-likeness (QED) is 0.291. The third kappa shape index (κ3) is 5.35. The van der Waals surface area contributed by atoms with Gasteiger partial charge in [0.05, 0.1) is 5.69 Å². The average molecular weight is 366 g/mol. The Kier molecular flexibility index (Phi) is 6.66. The minimum atomic E-state index is 0.711. The molecule has 7 heteroatoms. The van der Waals surface area contributed by atoms with Gasteiger partial charge in [-0.1, -0.05) is 30.3 Å². The summed E-state index contributed by atoms with van der Waals surface area (Å²) in [5, 5.41) is 10.8. The number of nitrogens with zero attached hydrogens (tertiary/aromatic N) is 4. The molecule has 134 valence electrons. The average Bonchev–Trinajstić information content (AvgIpc) is 3.23. The first kappa shape index (κ1) is 18.0. The van der Waals surface area contributed by atoms with Gasteiger partial charge in [-0.25, -0.2) is 9.67 Å². The van der Waals surface area contributed by atoms with Crippen molar-refractivity contribution in [3.63, 3.8) is 0 Å². The first-order valence-electron chi connectivity index (χ1n) is 8.41. The van der Waals surface area contributed by atoms with E-state index < -0.39 is 0 Å². The van der Waals surface area contributed by atoms with Crippen LogP contribution in [-0.4, -0.2) is 40.1 Å². The minimum Gasteiger partial charge on any atom is -0.356 e. The number of benzene rings is 2. The number of aliphatic imine (C=N–C) groups is 1. The number of guanidine groups is 1. The van der Waals surface area contributed by atoms with Crippen molar-refractivity contribution in [2.24, 2.45) is 4.99 Å². The second-order valence-corrected chi connectivity index (χ2v) is 6.69. The zero-order valence-corrected chi connectivity index (χ0v) is 15.5. The van der Waals surface area contributed by atoms with E-state index in [1.807, 2.05) is 30.0 Å². The molecule has 0 fully saturated rings. The summed E-state index contributed by atoms with van der Waals surface area (Å²) in [6.07, 6.45) is 3.22. The van der Waals surface area contributed by atoms with Gasteiger partial charge in [-0.3, -0.25) is 4.99 Å². The van der Waals surface area contributed by atoms with E-state index in [1.165, 1.54) is 16.8 Å². The highest BCUT2D eigenvalue weighted by atomic mass is 32.2. The van der Waals surface area contributed by atoms with Gasteiger partial charge >= 0.3 is 0 Å².